The van der Waals surface area contributed by atoms with Crippen LogP contribution in [0.4, 0.5) is 5.13 Å². The largest absolute Gasteiger partial charge is 0.360 e. The van der Waals surface area contributed by atoms with Crippen molar-refractivity contribution in [3.05, 3.63) is 22.4 Å². The Labute approximate surface area is 164 Å². The number of nitrogens with zero attached hydrogens (tertiary/aromatic N) is 4. The Bertz CT molecular complexity index is 726. The molecule has 0 saturated carbocycles. The fourth-order valence-electron chi connectivity index (χ4n) is 2.50. The number of anilines is 1. The predicted octanol–water partition coefficient (Wildman–Crippen LogP) is 2.50. The highest BCUT2D eigenvalue weighted by molar-refractivity contribution is 8.01. The van der Waals surface area contributed by atoms with Gasteiger partial charge in [0.1, 0.15) is 0 Å². The van der Waals surface area contributed by atoms with Crippen molar-refractivity contribution in [3.8, 4) is 0 Å². The molecule has 0 atom stereocenters. The molecular formula is C16H21N5O2S3. The van der Waals surface area contributed by atoms with Gasteiger partial charge in [-0.05, 0) is 17.9 Å². The highest BCUT2D eigenvalue weighted by atomic mass is 32.2. The summed E-state index contributed by atoms with van der Waals surface area (Å²) in [5.41, 5.74) is 0. The van der Waals surface area contributed by atoms with Crippen LogP contribution in [-0.4, -0.2) is 70.3 Å². The van der Waals surface area contributed by atoms with Crippen molar-refractivity contribution >= 4 is 51.4 Å². The molecule has 2 aromatic heterocycles. The molecule has 26 heavy (non-hydrogen) atoms. The van der Waals surface area contributed by atoms with Crippen LogP contribution in [0.15, 0.2) is 21.9 Å². The van der Waals surface area contributed by atoms with Crippen LogP contribution >= 0.6 is 34.4 Å². The van der Waals surface area contributed by atoms with Gasteiger partial charge in [0.25, 0.3) is 5.91 Å². The van der Waals surface area contributed by atoms with Crippen molar-refractivity contribution in [2.45, 2.75) is 17.7 Å². The van der Waals surface area contributed by atoms with E-state index in [1.807, 2.05) is 27.3 Å². The fourth-order valence-corrected chi connectivity index (χ4v) is 4.87. The van der Waals surface area contributed by atoms with Crippen LogP contribution in [0, 0.1) is 0 Å². The molecule has 0 aliphatic carbocycles. The zero-order chi connectivity index (χ0) is 18.4. The third-order valence-electron chi connectivity index (χ3n) is 3.90. The second-order valence-corrected chi connectivity index (χ2v) is 8.89. The van der Waals surface area contributed by atoms with Crippen LogP contribution in [0.3, 0.4) is 0 Å². The van der Waals surface area contributed by atoms with E-state index in [1.165, 1.54) is 34.4 Å². The standard InChI is InChI=1S/C16H21N5O2S3/c1-2-5-17-15-18-19-16(26-15)25-11-13(22)20-6-8-21(9-7-20)14(23)12-4-3-10-24-12/h3-4,10H,2,5-9,11H2,1H3,(H,17,18). The first-order valence-electron chi connectivity index (χ1n) is 8.48. The van der Waals surface area contributed by atoms with Crippen molar-refractivity contribution in [3.63, 3.8) is 0 Å². The van der Waals surface area contributed by atoms with Crippen LogP contribution < -0.4 is 5.32 Å². The molecule has 3 rings (SSSR count). The van der Waals surface area contributed by atoms with E-state index in [2.05, 4.69) is 22.4 Å². The van der Waals surface area contributed by atoms with Crippen LogP contribution in [-0.2, 0) is 4.79 Å². The van der Waals surface area contributed by atoms with Crippen molar-refractivity contribution in [2.24, 2.45) is 0 Å². The van der Waals surface area contributed by atoms with Crippen molar-refractivity contribution in [2.75, 3.05) is 43.8 Å². The number of amides is 2. The zero-order valence-corrected chi connectivity index (χ0v) is 17.0. The van der Waals surface area contributed by atoms with E-state index < -0.39 is 0 Å². The van der Waals surface area contributed by atoms with Crippen LogP contribution in [0.5, 0.6) is 0 Å². The summed E-state index contributed by atoms with van der Waals surface area (Å²) < 4.78 is 0.795. The molecule has 7 nitrogen and oxygen atoms in total. The normalized spacial score (nSPS) is 14.5. The molecule has 0 radical (unpaired) electrons. The third kappa shape index (κ3) is 4.95. The minimum absolute atomic E-state index is 0.0578. The van der Waals surface area contributed by atoms with Gasteiger partial charge in [0.15, 0.2) is 4.34 Å². The monoisotopic (exact) mass is 411 g/mol. The maximum atomic E-state index is 12.4. The molecule has 1 fully saturated rings. The minimum atomic E-state index is 0.0578. The molecule has 10 heteroatoms. The number of nitrogens with one attached hydrogen (secondary N) is 1. The number of carbonyl (C=O) groups excluding carboxylic acids is 2. The first kappa shape index (κ1) is 19.1. The maximum absolute atomic E-state index is 12.4. The van der Waals surface area contributed by atoms with Gasteiger partial charge in [-0.3, -0.25) is 9.59 Å². The number of carbonyl (C=O) groups is 2. The summed E-state index contributed by atoms with van der Waals surface area (Å²) in [6, 6.07) is 3.72. The fraction of sp³-hybridized carbons (Fsp3) is 0.500. The Morgan fingerprint density at radius 1 is 1.23 bits per heavy atom. The topological polar surface area (TPSA) is 78.4 Å². The number of aromatic nitrogens is 2. The van der Waals surface area contributed by atoms with E-state index in [-0.39, 0.29) is 11.8 Å². The summed E-state index contributed by atoms with van der Waals surface area (Å²) in [5.74, 6) is 0.486. The molecule has 3 heterocycles. The summed E-state index contributed by atoms with van der Waals surface area (Å²) in [6.07, 6.45) is 1.03. The van der Waals surface area contributed by atoms with E-state index in [9.17, 15) is 9.59 Å². The molecule has 0 unspecified atom stereocenters. The lowest BCUT2D eigenvalue weighted by Gasteiger charge is -2.34. The Balaban J connectivity index is 1.42. The summed E-state index contributed by atoms with van der Waals surface area (Å²) in [4.78, 5) is 29.1. The second kappa shape index (κ2) is 9.33. The average Bonchev–Trinajstić information content (AvgIpc) is 3.36. The van der Waals surface area contributed by atoms with E-state index in [4.69, 9.17) is 0 Å². The summed E-state index contributed by atoms with van der Waals surface area (Å²) in [6.45, 7) is 5.28. The molecule has 0 spiro atoms. The van der Waals surface area contributed by atoms with E-state index in [0.29, 0.717) is 31.9 Å². The first-order chi connectivity index (χ1) is 12.7. The van der Waals surface area contributed by atoms with Gasteiger partial charge in [-0.2, -0.15) is 0 Å². The molecule has 0 bridgehead atoms. The number of hydrogen-bond acceptors (Lipinski definition) is 8. The van der Waals surface area contributed by atoms with Gasteiger partial charge in [0.2, 0.25) is 11.0 Å². The quantitative estimate of drug-likeness (QED) is 0.706. The molecule has 1 aliphatic heterocycles. The van der Waals surface area contributed by atoms with Crippen molar-refractivity contribution in [1.29, 1.82) is 0 Å². The highest BCUT2D eigenvalue weighted by Gasteiger charge is 2.25. The summed E-state index contributed by atoms with van der Waals surface area (Å²) in [5, 5.41) is 14.1. The van der Waals surface area contributed by atoms with Gasteiger partial charge in [-0.25, -0.2) is 0 Å². The van der Waals surface area contributed by atoms with E-state index in [0.717, 1.165) is 27.3 Å². The van der Waals surface area contributed by atoms with Crippen molar-refractivity contribution in [1.82, 2.24) is 20.0 Å². The number of rotatable bonds is 7. The van der Waals surface area contributed by atoms with Gasteiger partial charge in [-0.15, -0.1) is 21.5 Å². The van der Waals surface area contributed by atoms with Gasteiger partial charge < -0.3 is 15.1 Å². The molecule has 1 aliphatic rings. The molecule has 1 saturated heterocycles. The van der Waals surface area contributed by atoms with Gasteiger partial charge in [0.05, 0.1) is 10.6 Å². The first-order valence-corrected chi connectivity index (χ1v) is 11.2. The average molecular weight is 412 g/mol. The third-order valence-corrected chi connectivity index (χ3v) is 6.76. The lowest BCUT2D eigenvalue weighted by molar-refractivity contribution is -0.129. The van der Waals surface area contributed by atoms with Gasteiger partial charge >= 0.3 is 0 Å². The lowest BCUT2D eigenvalue weighted by atomic mass is 10.3. The molecule has 140 valence electrons. The SMILES string of the molecule is CCCNc1nnc(SCC(=O)N2CCN(C(=O)c3cccs3)CC2)s1. The number of hydrogen-bond donors (Lipinski definition) is 1. The summed E-state index contributed by atoms with van der Waals surface area (Å²) in [7, 11) is 0. The van der Waals surface area contributed by atoms with Crippen LogP contribution in [0.2, 0.25) is 0 Å². The van der Waals surface area contributed by atoms with Gasteiger partial charge in [0, 0.05) is 32.7 Å². The molecule has 1 N–H and O–H groups in total. The Morgan fingerprint density at radius 3 is 2.69 bits per heavy atom. The zero-order valence-electron chi connectivity index (χ0n) is 14.5. The Kier molecular flexibility index (Phi) is 6.86. The lowest BCUT2D eigenvalue weighted by Crippen LogP contribution is -2.50. The maximum Gasteiger partial charge on any atom is 0.264 e. The Hall–Kier alpha value is -1.65. The molecule has 2 amide bonds. The van der Waals surface area contributed by atoms with Crippen molar-refractivity contribution < 1.29 is 9.59 Å². The predicted molar refractivity (Wildman–Crippen MR) is 106 cm³/mol. The van der Waals surface area contributed by atoms with Crippen LogP contribution in [0.25, 0.3) is 0 Å². The summed E-state index contributed by atoms with van der Waals surface area (Å²) >= 11 is 4.34. The van der Waals surface area contributed by atoms with Gasteiger partial charge in [-0.1, -0.05) is 36.1 Å². The number of piperazine rings is 1. The highest BCUT2D eigenvalue weighted by Crippen LogP contribution is 2.25. The van der Waals surface area contributed by atoms with E-state index in [1.54, 1.807) is 0 Å². The minimum Gasteiger partial charge on any atom is -0.360 e. The van der Waals surface area contributed by atoms with E-state index >= 15 is 0 Å². The molecular weight excluding hydrogens is 390 g/mol. The number of thiophene rings is 1. The second-order valence-electron chi connectivity index (χ2n) is 5.74. The smallest absolute Gasteiger partial charge is 0.264 e. The Morgan fingerprint density at radius 2 is 2.00 bits per heavy atom. The van der Waals surface area contributed by atoms with Crippen LogP contribution in [0.1, 0.15) is 23.0 Å². The molecule has 2 aromatic rings. The molecule has 0 aromatic carbocycles. The number of thioether (sulfide) groups is 1.